The van der Waals surface area contributed by atoms with Crippen LogP contribution in [0, 0.1) is 0 Å². The number of ether oxygens (including phenoxy) is 2. The quantitative estimate of drug-likeness (QED) is 0.547. The molecule has 0 aliphatic heterocycles. The highest BCUT2D eigenvalue weighted by atomic mass is 32.2. The molecule has 0 unspecified atom stereocenters. The molecule has 30 heavy (non-hydrogen) atoms. The van der Waals surface area contributed by atoms with Gasteiger partial charge < -0.3 is 20.1 Å². The Labute approximate surface area is 181 Å². The summed E-state index contributed by atoms with van der Waals surface area (Å²) in [5.74, 6) is 0.219. The summed E-state index contributed by atoms with van der Waals surface area (Å²) in [6.07, 6.45) is 5.93. The number of sulfonamides is 1. The van der Waals surface area contributed by atoms with Crippen molar-refractivity contribution in [3.63, 3.8) is 0 Å². The molecule has 1 aromatic carbocycles. The number of aromatic nitrogens is 2. The van der Waals surface area contributed by atoms with Crippen LogP contribution in [0.5, 0.6) is 11.9 Å². The summed E-state index contributed by atoms with van der Waals surface area (Å²) < 4.78 is 37.8. The summed E-state index contributed by atoms with van der Waals surface area (Å²) in [6, 6.07) is 8.04. The van der Waals surface area contributed by atoms with Crippen molar-refractivity contribution in [1.82, 2.24) is 15.3 Å². The minimum absolute atomic E-state index is 0.00873. The van der Waals surface area contributed by atoms with Gasteiger partial charge in [0.05, 0.1) is 19.1 Å². The molecule has 1 fully saturated rings. The Hall–Kier alpha value is -2.66. The van der Waals surface area contributed by atoms with Gasteiger partial charge in [0.25, 0.3) is 10.0 Å². The lowest BCUT2D eigenvalue weighted by Crippen LogP contribution is -2.38. The van der Waals surface area contributed by atoms with Crippen molar-refractivity contribution in [2.24, 2.45) is 0 Å². The molecule has 3 N–H and O–H groups in total. The zero-order chi connectivity index (χ0) is 21.6. The van der Waals surface area contributed by atoms with E-state index >= 15 is 0 Å². The van der Waals surface area contributed by atoms with E-state index in [1.54, 1.807) is 12.1 Å². The van der Waals surface area contributed by atoms with Crippen LogP contribution in [0.2, 0.25) is 0 Å². The highest BCUT2D eigenvalue weighted by Gasteiger charge is 2.17. The fraction of sp³-hybridized carbons (Fsp3) is 0.421. The lowest BCUT2D eigenvalue weighted by Gasteiger charge is -2.24. The van der Waals surface area contributed by atoms with Crippen LogP contribution >= 0.6 is 12.2 Å². The van der Waals surface area contributed by atoms with E-state index in [4.69, 9.17) is 21.7 Å². The van der Waals surface area contributed by atoms with E-state index in [9.17, 15) is 8.42 Å². The largest absolute Gasteiger partial charge is 0.481 e. The molecular formula is C19H25N5O4S2. The number of hydrogen-bond acceptors (Lipinski definition) is 7. The molecule has 0 atom stereocenters. The number of methoxy groups -OCH3 is 2. The van der Waals surface area contributed by atoms with Crippen LogP contribution in [0.4, 0.5) is 11.5 Å². The fourth-order valence-corrected chi connectivity index (χ4v) is 4.44. The summed E-state index contributed by atoms with van der Waals surface area (Å²) >= 11 is 5.37. The van der Waals surface area contributed by atoms with Gasteiger partial charge in [0.1, 0.15) is 0 Å². The number of nitrogens with zero attached hydrogens (tertiary/aromatic N) is 2. The number of rotatable bonds is 7. The summed E-state index contributed by atoms with van der Waals surface area (Å²) in [7, 11) is -1.06. The van der Waals surface area contributed by atoms with Crippen LogP contribution in [-0.2, 0) is 10.0 Å². The van der Waals surface area contributed by atoms with Gasteiger partial charge in [-0.2, -0.15) is 9.97 Å². The molecule has 0 saturated heterocycles. The lowest BCUT2D eigenvalue weighted by molar-refractivity contribution is 0.353. The van der Waals surface area contributed by atoms with Gasteiger partial charge in [-0.05, 0) is 49.3 Å². The first-order chi connectivity index (χ1) is 14.4. The normalized spacial score (nSPS) is 14.6. The zero-order valence-corrected chi connectivity index (χ0v) is 18.5. The van der Waals surface area contributed by atoms with Gasteiger partial charge in [-0.25, -0.2) is 8.42 Å². The van der Waals surface area contributed by atoms with Crippen molar-refractivity contribution in [2.75, 3.05) is 24.3 Å². The second-order valence-electron chi connectivity index (χ2n) is 6.85. The Kier molecular flexibility index (Phi) is 7.27. The van der Waals surface area contributed by atoms with Crippen molar-refractivity contribution in [1.29, 1.82) is 0 Å². The van der Waals surface area contributed by atoms with Crippen molar-refractivity contribution < 1.29 is 17.9 Å². The molecule has 1 heterocycles. The van der Waals surface area contributed by atoms with E-state index in [-0.39, 0.29) is 22.6 Å². The topological polar surface area (TPSA) is 114 Å². The first-order valence-corrected chi connectivity index (χ1v) is 11.5. The maximum absolute atomic E-state index is 12.7. The van der Waals surface area contributed by atoms with Crippen molar-refractivity contribution in [2.45, 2.75) is 43.0 Å². The molecule has 1 aliphatic rings. The van der Waals surface area contributed by atoms with E-state index in [1.807, 2.05) is 0 Å². The Morgan fingerprint density at radius 3 is 2.40 bits per heavy atom. The number of hydrogen-bond donors (Lipinski definition) is 3. The van der Waals surface area contributed by atoms with E-state index in [0.717, 1.165) is 12.8 Å². The highest BCUT2D eigenvalue weighted by molar-refractivity contribution is 7.92. The van der Waals surface area contributed by atoms with Gasteiger partial charge in [-0.3, -0.25) is 4.72 Å². The smallest absolute Gasteiger partial charge is 0.321 e. The van der Waals surface area contributed by atoms with Crippen LogP contribution in [0.25, 0.3) is 0 Å². The number of anilines is 2. The van der Waals surface area contributed by atoms with E-state index < -0.39 is 10.0 Å². The first-order valence-electron chi connectivity index (χ1n) is 9.57. The molecule has 1 aromatic heterocycles. The second-order valence-corrected chi connectivity index (χ2v) is 8.94. The third-order valence-electron chi connectivity index (χ3n) is 4.68. The number of nitrogens with one attached hydrogen (secondary N) is 3. The predicted molar refractivity (Wildman–Crippen MR) is 119 cm³/mol. The predicted octanol–water partition coefficient (Wildman–Crippen LogP) is 2.91. The lowest BCUT2D eigenvalue weighted by atomic mass is 9.96. The monoisotopic (exact) mass is 451 g/mol. The summed E-state index contributed by atoms with van der Waals surface area (Å²) in [4.78, 5) is 8.00. The van der Waals surface area contributed by atoms with Crippen LogP contribution in [0.15, 0.2) is 35.2 Å². The van der Waals surface area contributed by atoms with Crippen molar-refractivity contribution in [3.8, 4) is 11.9 Å². The van der Waals surface area contributed by atoms with Gasteiger partial charge in [-0.15, -0.1) is 0 Å². The average Bonchev–Trinajstić information content (AvgIpc) is 2.74. The van der Waals surface area contributed by atoms with Crippen molar-refractivity contribution >= 4 is 38.9 Å². The van der Waals surface area contributed by atoms with E-state index in [2.05, 4.69) is 25.3 Å². The maximum Gasteiger partial charge on any atom is 0.321 e. The molecule has 2 aromatic rings. The highest BCUT2D eigenvalue weighted by Crippen LogP contribution is 2.22. The Morgan fingerprint density at radius 1 is 1.07 bits per heavy atom. The third kappa shape index (κ3) is 5.92. The minimum Gasteiger partial charge on any atom is -0.481 e. The van der Waals surface area contributed by atoms with Crippen LogP contribution in [0.1, 0.15) is 32.1 Å². The standard InChI is InChI=1S/C19H25N5O4S2/c1-27-17-12-16(22-18(23-17)28-2)24-30(25,26)15-10-8-14(9-11-15)21-19(29)20-13-6-4-3-5-7-13/h8-13H,3-7H2,1-2H3,(H2,20,21,29)(H,22,23,24). The fourth-order valence-electron chi connectivity index (χ4n) is 3.17. The molecule has 0 amide bonds. The van der Waals surface area contributed by atoms with Gasteiger partial charge >= 0.3 is 6.01 Å². The number of benzene rings is 1. The summed E-state index contributed by atoms with van der Waals surface area (Å²) in [5.41, 5.74) is 0.702. The SMILES string of the molecule is COc1cc(NS(=O)(=O)c2ccc(NC(=S)NC3CCCCC3)cc2)nc(OC)n1. The third-order valence-corrected chi connectivity index (χ3v) is 6.27. The Morgan fingerprint density at radius 2 is 1.77 bits per heavy atom. The van der Waals surface area contributed by atoms with Gasteiger partial charge in [0.2, 0.25) is 5.88 Å². The Bertz CT molecular complexity index is 955. The molecule has 162 valence electrons. The molecule has 1 saturated carbocycles. The number of thiocarbonyl (C=S) groups is 1. The van der Waals surface area contributed by atoms with Gasteiger partial charge in [0, 0.05) is 17.8 Å². The molecule has 9 nitrogen and oxygen atoms in total. The van der Waals surface area contributed by atoms with E-state index in [0.29, 0.717) is 16.8 Å². The molecule has 0 spiro atoms. The molecule has 3 rings (SSSR count). The summed E-state index contributed by atoms with van der Waals surface area (Å²) in [5, 5.41) is 6.96. The van der Waals surface area contributed by atoms with Crippen LogP contribution < -0.4 is 24.8 Å². The average molecular weight is 452 g/mol. The van der Waals surface area contributed by atoms with Gasteiger partial charge in [-0.1, -0.05) is 19.3 Å². The van der Waals surface area contributed by atoms with Crippen LogP contribution in [-0.4, -0.2) is 43.8 Å². The molecule has 1 aliphatic carbocycles. The van der Waals surface area contributed by atoms with E-state index in [1.165, 1.54) is 51.7 Å². The molecule has 11 heteroatoms. The molecule has 0 bridgehead atoms. The van der Waals surface area contributed by atoms with Gasteiger partial charge in [0.15, 0.2) is 10.9 Å². The zero-order valence-electron chi connectivity index (χ0n) is 16.8. The minimum atomic E-state index is -3.86. The van der Waals surface area contributed by atoms with Crippen molar-refractivity contribution in [3.05, 3.63) is 30.3 Å². The molecule has 0 radical (unpaired) electrons. The van der Waals surface area contributed by atoms with Crippen LogP contribution in [0.3, 0.4) is 0 Å². The summed E-state index contributed by atoms with van der Waals surface area (Å²) in [6.45, 7) is 0. The molecular weight excluding hydrogens is 426 g/mol. The second kappa shape index (κ2) is 9.90. The first kappa shape index (κ1) is 22.0. The maximum atomic E-state index is 12.7. The Balaban J connectivity index is 1.65.